The Kier molecular flexibility index (Phi) is 12.1. The first-order chi connectivity index (χ1) is 17.0. The Balaban J connectivity index is 0.000000384. The van der Waals surface area contributed by atoms with Crippen LogP contribution in [0.1, 0.15) is 82.9 Å². The van der Waals surface area contributed by atoms with Crippen molar-refractivity contribution in [1.29, 1.82) is 0 Å². The first-order valence-electron chi connectivity index (χ1n) is 12.1. The van der Waals surface area contributed by atoms with E-state index in [1.165, 1.54) is 5.56 Å². The molecule has 0 bridgehead atoms. The van der Waals surface area contributed by atoms with E-state index in [0.717, 1.165) is 24.2 Å². The van der Waals surface area contributed by atoms with Gasteiger partial charge in [-0.15, -0.1) is 0 Å². The number of ether oxygens (including phenoxy) is 2. The molecule has 2 atom stereocenters. The van der Waals surface area contributed by atoms with Crippen LogP contribution in [0.3, 0.4) is 0 Å². The van der Waals surface area contributed by atoms with E-state index in [0.29, 0.717) is 24.0 Å². The molecule has 0 spiro atoms. The zero-order valence-electron chi connectivity index (χ0n) is 22.2. The molecule has 2 rings (SSSR count). The SMILES string of the molecule is CCC(C)c1ccc(COC(=O)C(F)(F)S(=O)(=O)O)cc1.CCC(C)c1ccc(OCC(C)(C)O)cc1. The van der Waals surface area contributed by atoms with Crippen LogP contribution in [0.15, 0.2) is 48.5 Å². The highest BCUT2D eigenvalue weighted by Crippen LogP contribution is 2.24. The molecule has 0 amide bonds. The van der Waals surface area contributed by atoms with Gasteiger partial charge in [-0.1, -0.05) is 64.1 Å². The number of aliphatic hydroxyl groups is 1. The Morgan fingerprint density at radius 1 is 0.919 bits per heavy atom. The summed E-state index contributed by atoms with van der Waals surface area (Å²) < 4.78 is 64.6. The molecule has 2 N–H and O–H groups in total. The second kappa shape index (κ2) is 13.8. The zero-order valence-corrected chi connectivity index (χ0v) is 23.0. The van der Waals surface area contributed by atoms with Crippen LogP contribution in [0.2, 0.25) is 0 Å². The highest BCUT2D eigenvalue weighted by Gasteiger charge is 2.54. The topological polar surface area (TPSA) is 110 Å². The Labute approximate surface area is 218 Å². The molecule has 0 fully saturated rings. The first kappa shape index (κ1) is 32.5. The summed E-state index contributed by atoms with van der Waals surface area (Å²) in [6.45, 7) is 11.7. The molecule has 208 valence electrons. The minimum Gasteiger partial charge on any atom is -0.491 e. The minimum atomic E-state index is -5.84. The highest BCUT2D eigenvalue weighted by molar-refractivity contribution is 7.87. The van der Waals surface area contributed by atoms with Crippen molar-refractivity contribution >= 4 is 16.1 Å². The predicted molar refractivity (Wildman–Crippen MR) is 138 cm³/mol. The van der Waals surface area contributed by atoms with Gasteiger partial charge in [0.25, 0.3) is 0 Å². The fourth-order valence-corrected chi connectivity index (χ4v) is 3.17. The van der Waals surface area contributed by atoms with Crippen LogP contribution in [0.25, 0.3) is 0 Å². The van der Waals surface area contributed by atoms with Crippen LogP contribution >= 0.6 is 0 Å². The third-order valence-electron chi connectivity index (χ3n) is 5.75. The van der Waals surface area contributed by atoms with Crippen molar-refractivity contribution in [3.8, 4) is 5.75 Å². The Morgan fingerprint density at radius 2 is 1.35 bits per heavy atom. The summed E-state index contributed by atoms with van der Waals surface area (Å²) in [6, 6.07) is 14.9. The quantitative estimate of drug-likeness (QED) is 0.261. The molecule has 0 aliphatic rings. The third kappa shape index (κ3) is 10.8. The Morgan fingerprint density at radius 3 is 1.73 bits per heavy atom. The number of carbonyl (C=O) groups is 1. The second-order valence-corrected chi connectivity index (χ2v) is 11.1. The molecule has 10 heteroatoms. The van der Waals surface area contributed by atoms with Crippen LogP contribution in [0.5, 0.6) is 5.75 Å². The predicted octanol–water partition coefficient (Wildman–Crippen LogP) is 6.07. The standard InChI is InChI=1S/C14H22O2.C13H16F2O5S/c1-5-11(2)12-6-8-13(9-7-12)16-10-14(3,4)15;1-3-9(2)11-6-4-10(5-7-11)8-20-12(16)13(14,15)21(17,18)19/h6-9,11,15H,5,10H2,1-4H3;4-7,9H,3,8H2,1-2H3,(H,17,18,19). The average molecular weight is 545 g/mol. The molecule has 0 saturated heterocycles. The van der Waals surface area contributed by atoms with E-state index in [9.17, 15) is 27.1 Å². The van der Waals surface area contributed by atoms with E-state index >= 15 is 0 Å². The molecule has 0 saturated carbocycles. The van der Waals surface area contributed by atoms with Crippen molar-refractivity contribution in [2.24, 2.45) is 0 Å². The lowest BCUT2D eigenvalue weighted by Gasteiger charge is -2.18. The van der Waals surface area contributed by atoms with Crippen LogP contribution in [0, 0.1) is 0 Å². The molecule has 0 radical (unpaired) electrons. The summed E-state index contributed by atoms with van der Waals surface area (Å²) in [5.74, 6) is -0.570. The zero-order chi connectivity index (χ0) is 28.4. The van der Waals surface area contributed by atoms with Crippen molar-refractivity contribution in [1.82, 2.24) is 0 Å². The maximum absolute atomic E-state index is 12.9. The molecule has 37 heavy (non-hydrogen) atoms. The smallest absolute Gasteiger partial charge is 0.465 e. The molecule has 0 heterocycles. The third-order valence-corrected chi connectivity index (χ3v) is 6.56. The van der Waals surface area contributed by atoms with Gasteiger partial charge in [-0.25, -0.2) is 4.79 Å². The van der Waals surface area contributed by atoms with Crippen LogP contribution in [-0.2, 0) is 26.3 Å². The number of rotatable bonds is 11. The molecule has 0 aliphatic heterocycles. The van der Waals surface area contributed by atoms with E-state index in [2.05, 4.69) is 30.7 Å². The van der Waals surface area contributed by atoms with Crippen LogP contribution < -0.4 is 4.74 Å². The van der Waals surface area contributed by atoms with Crippen molar-refractivity contribution in [3.63, 3.8) is 0 Å². The molecule has 2 unspecified atom stereocenters. The lowest BCUT2D eigenvalue weighted by molar-refractivity contribution is -0.162. The number of hydrogen-bond donors (Lipinski definition) is 2. The Hall–Kier alpha value is -2.56. The van der Waals surface area contributed by atoms with Gasteiger partial charge in [-0.2, -0.15) is 17.2 Å². The summed E-state index contributed by atoms with van der Waals surface area (Å²) in [6.07, 6.45) is 2.08. The fourth-order valence-electron chi connectivity index (χ4n) is 2.90. The lowest BCUT2D eigenvalue weighted by Crippen LogP contribution is -2.38. The molecular formula is C27H38F2O7S. The van der Waals surface area contributed by atoms with E-state index < -0.39 is 33.5 Å². The number of benzene rings is 2. The summed E-state index contributed by atoms with van der Waals surface area (Å²) >= 11 is 0. The van der Waals surface area contributed by atoms with Crippen molar-refractivity contribution in [3.05, 3.63) is 65.2 Å². The normalized spacial score (nSPS) is 13.7. The van der Waals surface area contributed by atoms with Gasteiger partial charge in [-0.3, -0.25) is 4.55 Å². The number of halogens is 2. The molecule has 2 aromatic rings. The van der Waals surface area contributed by atoms with E-state index in [4.69, 9.17) is 9.29 Å². The van der Waals surface area contributed by atoms with Crippen molar-refractivity contribution in [2.75, 3.05) is 6.61 Å². The van der Waals surface area contributed by atoms with Gasteiger partial charge in [0.2, 0.25) is 0 Å². The van der Waals surface area contributed by atoms with Gasteiger partial charge in [0, 0.05) is 0 Å². The van der Waals surface area contributed by atoms with Crippen LogP contribution in [-0.4, -0.2) is 41.5 Å². The lowest BCUT2D eigenvalue weighted by atomic mass is 9.98. The van der Waals surface area contributed by atoms with Gasteiger partial charge < -0.3 is 14.6 Å². The fraction of sp³-hybridized carbons (Fsp3) is 0.519. The summed E-state index contributed by atoms with van der Waals surface area (Å²) in [7, 11) is -5.84. The van der Waals surface area contributed by atoms with Crippen molar-refractivity contribution in [2.45, 2.75) is 83.7 Å². The maximum atomic E-state index is 12.9. The Bertz CT molecular complexity index is 1080. The monoisotopic (exact) mass is 544 g/mol. The average Bonchev–Trinajstić information content (AvgIpc) is 2.84. The molecular weight excluding hydrogens is 506 g/mol. The number of esters is 1. The highest BCUT2D eigenvalue weighted by atomic mass is 32.2. The van der Waals surface area contributed by atoms with E-state index in [-0.39, 0.29) is 0 Å². The molecule has 7 nitrogen and oxygen atoms in total. The van der Waals surface area contributed by atoms with Crippen LogP contribution in [0.4, 0.5) is 8.78 Å². The second-order valence-electron chi connectivity index (χ2n) is 9.60. The van der Waals surface area contributed by atoms with E-state index in [1.54, 1.807) is 38.1 Å². The first-order valence-corrected chi connectivity index (χ1v) is 13.5. The number of alkyl halides is 2. The minimum absolute atomic E-state index is 0.315. The summed E-state index contributed by atoms with van der Waals surface area (Å²) in [5, 5.41) is 4.57. The van der Waals surface area contributed by atoms with Gasteiger partial charge in [0.05, 0.1) is 5.60 Å². The summed E-state index contributed by atoms with van der Waals surface area (Å²) in [5.41, 5.74) is 2.03. The van der Waals surface area contributed by atoms with Gasteiger partial charge in [-0.05, 0) is 67.3 Å². The van der Waals surface area contributed by atoms with Gasteiger partial charge in [0.1, 0.15) is 19.0 Å². The molecule has 2 aromatic carbocycles. The number of hydrogen-bond acceptors (Lipinski definition) is 6. The van der Waals surface area contributed by atoms with Gasteiger partial charge in [0.15, 0.2) is 0 Å². The summed E-state index contributed by atoms with van der Waals surface area (Å²) in [4.78, 5) is 11.0. The van der Waals surface area contributed by atoms with Crippen molar-refractivity contribution < 1.29 is 41.1 Å². The van der Waals surface area contributed by atoms with E-state index in [1.807, 2.05) is 26.0 Å². The largest absolute Gasteiger partial charge is 0.491 e. The van der Waals surface area contributed by atoms with Gasteiger partial charge >= 0.3 is 21.3 Å². The molecule has 0 aliphatic carbocycles. The number of carbonyl (C=O) groups excluding carboxylic acids is 1. The molecule has 0 aromatic heterocycles. The maximum Gasteiger partial charge on any atom is 0.465 e.